The van der Waals surface area contributed by atoms with Gasteiger partial charge in [0.05, 0.1) is 11.4 Å². The van der Waals surface area contributed by atoms with Gasteiger partial charge in [-0.15, -0.1) is 0 Å². The molecule has 0 radical (unpaired) electrons. The predicted molar refractivity (Wildman–Crippen MR) is 338 cm³/mol. The van der Waals surface area contributed by atoms with Crippen molar-refractivity contribution >= 4 is 66.4 Å². The predicted octanol–water partition coefficient (Wildman–Crippen LogP) is 21.9. The van der Waals surface area contributed by atoms with Crippen LogP contribution in [0.1, 0.15) is 66.8 Å². The number of hydrogen-bond donors (Lipinski definition) is 0. The van der Waals surface area contributed by atoms with Gasteiger partial charge in [-0.1, -0.05) is 189 Å². The van der Waals surface area contributed by atoms with Crippen LogP contribution >= 0.6 is 0 Å². The van der Waals surface area contributed by atoms with Gasteiger partial charge >= 0.3 is 0 Å². The van der Waals surface area contributed by atoms with Crippen molar-refractivity contribution < 1.29 is 0 Å². The van der Waals surface area contributed by atoms with Crippen molar-refractivity contribution in [2.75, 3.05) is 9.80 Å². The molecule has 0 aliphatic carbocycles. The fourth-order valence-corrected chi connectivity index (χ4v) is 12.8. The molecule has 0 spiro atoms. The van der Waals surface area contributed by atoms with Gasteiger partial charge in [0.2, 0.25) is 0 Å². The highest BCUT2D eigenvalue weighted by Crippen LogP contribution is 2.50. The summed E-state index contributed by atoms with van der Waals surface area (Å²) in [5, 5.41) is 7.38. The van der Waals surface area contributed by atoms with Crippen LogP contribution in [-0.4, -0.2) is 0 Å². The summed E-state index contributed by atoms with van der Waals surface area (Å²) in [5.41, 5.74) is 31.5. The summed E-state index contributed by atoms with van der Waals surface area (Å²) < 4.78 is 0. The third kappa shape index (κ3) is 9.40. The van der Waals surface area contributed by atoms with Crippen molar-refractivity contribution in [2.24, 2.45) is 0 Å². The first-order valence-electron chi connectivity index (χ1n) is 27.6. The van der Waals surface area contributed by atoms with E-state index in [9.17, 15) is 0 Å². The lowest BCUT2D eigenvalue weighted by atomic mass is 9.90. The first kappa shape index (κ1) is 50.1. The average Bonchev–Trinajstić information content (AvgIpc) is 3.60. The summed E-state index contributed by atoms with van der Waals surface area (Å²) in [6.07, 6.45) is 0. The van der Waals surface area contributed by atoms with E-state index in [2.05, 4.69) is 287 Å². The van der Waals surface area contributed by atoms with E-state index in [0.717, 1.165) is 34.1 Å². The fraction of sp³-hybridized carbons (Fsp3) is 0.158. The van der Waals surface area contributed by atoms with Gasteiger partial charge in [-0.25, -0.2) is 0 Å². The second-order valence-electron chi connectivity index (χ2n) is 22.9. The minimum absolute atomic E-state index is 1.12. The Morgan fingerprint density at radius 1 is 0.205 bits per heavy atom. The maximum absolute atomic E-state index is 2.54. The van der Waals surface area contributed by atoms with Gasteiger partial charge < -0.3 is 9.80 Å². The van der Waals surface area contributed by atoms with E-state index in [1.165, 1.54) is 144 Å². The third-order valence-electron chi connectivity index (χ3n) is 15.9. The number of aryl methyl sites for hydroxylation is 12. The molecule has 0 heterocycles. The highest BCUT2D eigenvalue weighted by molar-refractivity contribution is 6.28. The monoisotopic (exact) mass is 1010 g/mol. The van der Waals surface area contributed by atoms with Gasteiger partial charge in [0.15, 0.2) is 0 Å². The Bertz CT molecular complexity index is 3860. The van der Waals surface area contributed by atoms with Crippen molar-refractivity contribution in [1.29, 1.82) is 0 Å². The van der Waals surface area contributed by atoms with E-state index in [0.29, 0.717) is 0 Å². The molecular weight excluding hydrogens is 941 g/mol. The highest BCUT2D eigenvalue weighted by atomic mass is 15.2. The van der Waals surface area contributed by atoms with Crippen LogP contribution in [0.3, 0.4) is 0 Å². The van der Waals surface area contributed by atoms with Gasteiger partial charge in [-0.2, -0.15) is 0 Å². The van der Waals surface area contributed by atoms with Gasteiger partial charge in [-0.3, -0.25) is 0 Å². The second kappa shape index (κ2) is 19.7. The fourth-order valence-electron chi connectivity index (χ4n) is 12.8. The summed E-state index contributed by atoms with van der Waals surface area (Å²) in [4.78, 5) is 5.07. The van der Waals surface area contributed by atoms with E-state index < -0.39 is 0 Å². The van der Waals surface area contributed by atoms with E-state index in [4.69, 9.17) is 0 Å². The van der Waals surface area contributed by atoms with Gasteiger partial charge in [0.25, 0.3) is 0 Å². The Kier molecular flexibility index (Phi) is 12.7. The normalized spacial score (nSPS) is 11.6. The van der Waals surface area contributed by atoms with Crippen molar-refractivity contribution in [3.63, 3.8) is 0 Å². The molecule has 0 aliphatic heterocycles. The minimum atomic E-state index is 1.12. The largest absolute Gasteiger partial charge is 0.310 e. The van der Waals surface area contributed by atoms with Crippen LogP contribution < -0.4 is 9.80 Å². The standard InChI is InChI=1S/C76H68N2/c1-45-13-21-71(55(11)29-45)77(67-41-63(59-31-47(3)25-48(4)32-59)39-64(42-67)60-33-49(5)26-50(6)34-60)73-23-17-57-16-20-70-74(24-18-58-15-19-69(73)75(57)76(58)70)78(72-22-14-46(2)30-56(72)12)68-43-65(61-35-51(7)27-52(8)36-61)40-66(44-68)62-37-53(9)28-54(10)38-62/h13-44H,1-12H3. The Morgan fingerprint density at radius 3 is 0.744 bits per heavy atom. The Morgan fingerprint density at radius 2 is 0.462 bits per heavy atom. The summed E-state index contributed by atoms with van der Waals surface area (Å²) in [7, 11) is 0. The molecular formula is C76H68N2. The molecule has 0 bridgehead atoms. The quantitative estimate of drug-likeness (QED) is 0.126. The lowest BCUT2D eigenvalue weighted by molar-refractivity contribution is 1.25. The molecule has 0 unspecified atom stereocenters. The summed E-state index contributed by atoms with van der Waals surface area (Å²) in [5.74, 6) is 0. The molecule has 12 aromatic carbocycles. The number of hydrogen-bond acceptors (Lipinski definition) is 2. The molecule has 0 saturated heterocycles. The topological polar surface area (TPSA) is 6.48 Å². The summed E-state index contributed by atoms with van der Waals surface area (Å²) in [6, 6.07) is 74.8. The van der Waals surface area contributed by atoms with Crippen LogP contribution in [0.25, 0.3) is 76.8 Å². The number of benzene rings is 12. The zero-order chi connectivity index (χ0) is 54.3. The molecule has 2 heteroatoms. The first-order valence-corrected chi connectivity index (χ1v) is 27.6. The molecule has 12 aromatic rings. The van der Waals surface area contributed by atoms with Crippen LogP contribution in [0.2, 0.25) is 0 Å². The van der Waals surface area contributed by atoms with Crippen molar-refractivity contribution in [3.05, 3.63) is 261 Å². The molecule has 0 saturated carbocycles. The Balaban J connectivity index is 1.13. The molecule has 0 amide bonds. The van der Waals surface area contributed by atoms with Crippen LogP contribution in [0.15, 0.2) is 194 Å². The molecule has 382 valence electrons. The van der Waals surface area contributed by atoms with E-state index in [1.54, 1.807) is 0 Å². The van der Waals surface area contributed by atoms with Crippen LogP contribution in [0.4, 0.5) is 34.1 Å². The van der Waals surface area contributed by atoms with Crippen molar-refractivity contribution in [3.8, 4) is 44.5 Å². The zero-order valence-electron chi connectivity index (χ0n) is 47.4. The van der Waals surface area contributed by atoms with E-state index in [1.807, 2.05) is 0 Å². The first-order chi connectivity index (χ1) is 37.5. The Hall–Kier alpha value is -8.72. The molecule has 78 heavy (non-hydrogen) atoms. The van der Waals surface area contributed by atoms with Crippen LogP contribution in [0, 0.1) is 83.1 Å². The molecule has 12 rings (SSSR count). The van der Waals surface area contributed by atoms with E-state index in [-0.39, 0.29) is 0 Å². The van der Waals surface area contributed by atoms with Crippen LogP contribution in [-0.2, 0) is 0 Å². The molecule has 0 atom stereocenters. The SMILES string of the molecule is Cc1cc(C)cc(-c2cc(-c3cc(C)cc(C)c3)cc(N(c3ccc(C)cc3C)c3ccc4ccc5c(N(c6cc(-c7cc(C)cc(C)c7)cc(-c7cc(C)cc(C)c7)c6)c6ccc(C)cc6C)ccc6ccc3c4c65)c2)c1. The lowest BCUT2D eigenvalue weighted by Crippen LogP contribution is -2.13. The molecule has 0 fully saturated rings. The molecule has 0 aromatic heterocycles. The van der Waals surface area contributed by atoms with Crippen molar-refractivity contribution in [2.45, 2.75) is 83.1 Å². The van der Waals surface area contributed by atoms with Crippen molar-refractivity contribution in [1.82, 2.24) is 0 Å². The van der Waals surface area contributed by atoms with Gasteiger partial charge in [-0.05, 0) is 221 Å². The second-order valence-corrected chi connectivity index (χ2v) is 22.9. The number of anilines is 6. The maximum Gasteiger partial charge on any atom is 0.0540 e. The molecule has 0 N–H and O–H groups in total. The summed E-state index contributed by atoms with van der Waals surface area (Å²) in [6.45, 7) is 26.6. The molecule has 0 aliphatic rings. The summed E-state index contributed by atoms with van der Waals surface area (Å²) >= 11 is 0. The zero-order valence-corrected chi connectivity index (χ0v) is 47.4. The third-order valence-corrected chi connectivity index (χ3v) is 15.9. The smallest absolute Gasteiger partial charge is 0.0540 e. The highest BCUT2D eigenvalue weighted by Gasteiger charge is 2.25. The van der Waals surface area contributed by atoms with Gasteiger partial charge in [0, 0.05) is 33.5 Å². The van der Waals surface area contributed by atoms with Crippen LogP contribution in [0.5, 0.6) is 0 Å². The average molecular weight is 1010 g/mol. The Labute approximate surface area is 462 Å². The maximum atomic E-state index is 2.54. The minimum Gasteiger partial charge on any atom is -0.310 e. The van der Waals surface area contributed by atoms with Gasteiger partial charge in [0.1, 0.15) is 0 Å². The number of rotatable bonds is 10. The van der Waals surface area contributed by atoms with E-state index >= 15 is 0 Å². The lowest BCUT2D eigenvalue weighted by Gasteiger charge is -2.31. The molecule has 2 nitrogen and oxygen atoms in total. The number of nitrogens with zero attached hydrogens (tertiary/aromatic N) is 2.